The van der Waals surface area contributed by atoms with Crippen LogP contribution in [0.3, 0.4) is 0 Å². The first-order chi connectivity index (χ1) is 18.1. The lowest BCUT2D eigenvalue weighted by atomic mass is 9.84. The number of aromatic nitrogens is 2. The smallest absolute Gasteiger partial charge is 0.343 e. The van der Waals surface area contributed by atoms with Gasteiger partial charge in [0.1, 0.15) is 18.0 Å². The highest BCUT2D eigenvalue weighted by molar-refractivity contribution is 6.03. The van der Waals surface area contributed by atoms with Crippen LogP contribution in [0, 0.1) is 10.1 Å². The van der Waals surface area contributed by atoms with Gasteiger partial charge < -0.3 is 14.9 Å². The van der Waals surface area contributed by atoms with E-state index in [1.807, 2.05) is 0 Å². The zero-order valence-electron chi connectivity index (χ0n) is 20.5. The number of amides is 1. The molecular weight excluding hydrogens is 498 g/mol. The number of hydrogen-bond donors (Lipinski definition) is 2. The van der Waals surface area contributed by atoms with Crippen LogP contribution in [0.5, 0.6) is 0 Å². The lowest BCUT2D eigenvalue weighted by molar-refractivity contribution is -0.386. The number of rotatable bonds is 6. The van der Waals surface area contributed by atoms with Crippen LogP contribution < -0.4 is 5.56 Å². The molecule has 13 nitrogen and oxygen atoms in total. The number of benzene rings is 1. The SMILES string of the molecule is CC[C@@]1(O)C(=O)OCc2c1c([N+](=O)[O-])c1n(c2=O)Cc2c-1nc1ccccc1c2C=NN(CCO)C(C)=O. The van der Waals surface area contributed by atoms with Gasteiger partial charge in [-0.15, -0.1) is 0 Å². The van der Waals surface area contributed by atoms with Crippen LogP contribution in [-0.4, -0.2) is 60.9 Å². The van der Waals surface area contributed by atoms with E-state index < -0.39 is 40.3 Å². The molecule has 2 aliphatic rings. The Bertz CT molecular complexity index is 1630. The van der Waals surface area contributed by atoms with Crippen LogP contribution in [0.25, 0.3) is 22.3 Å². The highest BCUT2D eigenvalue weighted by Crippen LogP contribution is 2.46. The quantitative estimate of drug-likeness (QED) is 0.163. The van der Waals surface area contributed by atoms with E-state index >= 15 is 0 Å². The van der Waals surface area contributed by atoms with E-state index in [-0.39, 0.29) is 48.6 Å². The maximum atomic E-state index is 13.6. The number of pyridine rings is 2. The topological polar surface area (TPSA) is 177 Å². The number of nitro groups is 1. The third-order valence-electron chi connectivity index (χ3n) is 6.91. The predicted molar refractivity (Wildman–Crippen MR) is 133 cm³/mol. The third kappa shape index (κ3) is 3.58. The number of carbonyl (C=O) groups excluding carboxylic acids is 2. The summed E-state index contributed by atoms with van der Waals surface area (Å²) >= 11 is 0. The van der Waals surface area contributed by atoms with Gasteiger partial charge in [-0.25, -0.2) is 14.8 Å². The molecule has 0 unspecified atom stereocenters. The van der Waals surface area contributed by atoms with E-state index in [1.54, 1.807) is 24.3 Å². The van der Waals surface area contributed by atoms with Crippen LogP contribution in [-0.2, 0) is 33.1 Å². The lowest BCUT2D eigenvalue weighted by Gasteiger charge is -2.31. The Kier molecular flexibility index (Phi) is 6.04. The summed E-state index contributed by atoms with van der Waals surface area (Å²) in [6.07, 6.45) is 1.15. The number of nitrogens with zero attached hydrogens (tertiary/aromatic N) is 5. The van der Waals surface area contributed by atoms with Gasteiger partial charge in [-0.2, -0.15) is 5.10 Å². The molecule has 1 aromatic carbocycles. The fourth-order valence-electron chi connectivity index (χ4n) is 5.05. The van der Waals surface area contributed by atoms with Crippen molar-refractivity contribution in [2.45, 2.75) is 39.0 Å². The minimum atomic E-state index is -2.37. The van der Waals surface area contributed by atoms with Crippen molar-refractivity contribution in [3.05, 3.63) is 67.0 Å². The van der Waals surface area contributed by atoms with Crippen molar-refractivity contribution in [1.82, 2.24) is 14.6 Å². The van der Waals surface area contributed by atoms with Crippen molar-refractivity contribution >= 4 is 34.7 Å². The summed E-state index contributed by atoms with van der Waals surface area (Å²) in [5.41, 5.74) is -2.78. The molecule has 196 valence electrons. The minimum absolute atomic E-state index is 0.0431. The Morgan fingerprint density at radius 1 is 1.34 bits per heavy atom. The van der Waals surface area contributed by atoms with Crippen molar-refractivity contribution in [3.8, 4) is 11.4 Å². The van der Waals surface area contributed by atoms with Crippen LogP contribution in [0.4, 0.5) is 5.69 Å². The molecule has 0 radical (unpaired) electrons. The van der Waals surface area contributed by atoms with Gasteiger partial charge in [-0.3, -0.25) is 24.3 Å². The molecule has 0 bridgehead atoms. The number of ether oxygens (including phenoxy) is 1. The number of aliphatic hydroxyl groups excluding tert-OH is 1. The second kappa shape index (κ2) is 9.11. The number of aliphatic hydroxyl groups is 2. The number of hydrogen-bond acceptors (Lipinski definition) is 10. The molecule has 2 N–H and O–H groups in total. The van der Waals surface area contributed by atoms with E-state index in [2.05, 4.69) is 10.1 Å². The molecule has 0 saturated carbocycles. The molecule has 0 aliphatic carbocycles. The van der Waals surface area contributed by atoms with E-state index in [0.29, 0.717) is 22.0 Å². The molecular formula is C25H23N5O8. The van der Waals surface area contributed by atoms with Gasteiger partial charge in [0.25, 0.3) is 5.56 Å². The maximum Gasteiger partial charge on any atom is 0.343 e. The van der Waals surface area contributed by atoms with Crippen LogP contribution in [0.2, 0.25) is 0 Å². The summed E-state index contributed by atoms with van der Waals surface area (Å²) in [6.45, 7) is 1.79. The van der Waals surface area contributed by atoms with E-state index in [0.717, 1.165) is 5.01 Å². The first kappa shape index (κ1) is 25.2. The van der Waals surface area contributed by atoms with Gasteiger partial charge in [0.05, 0.1) is 47.5 Å². The Labute approximate surface area is 214 Å². The first-order valence-corrected chi connectivity index (χ1v) is 11.8. The van der Waals surface area contributed by atoms with Crippen LogP contribution in [0.1, 0.15) is 42.5 Å². The minimum Gasteiger partial charge on any atom is -0.458 e. The van der Waals surface area contributed by atoms with Gasteiger partial charge >= 0.3 is 11.7 Å². The highest BCUT2D eigenvalue weighted by atomic mass is 16.6. The summed E-state index contributed by atoms with van der Waals surface area (Å²) in [5.74, 6) is -1.47. The Morgan fingerprint density at radius 3 is 2.74 bits per heavy atom. The van der Waals surface area contributed by atoms with Crippen molar-refractivity contribution in [1.29, 1.82) is 0 Å². The van der Waals surface area contributed by atoms with E-state index in [9.17, 15) is 34.7 Å². The summed E-state index contributed by atoms with van der Waals surface area (Å²) in [5, 5.41) is 38.9. The van der Waals surface area contributed by atoms with Crippen molar-refractivity contribution in [2.24, 2.45) is 5.10 Å². The fraction of sp³-hybridized carbons (Fsp3) is 0.320. The van der Waals surface area contributed by atoms with Crippen molar-refractivity contribution in [3.63, 3.8) is 0 Å². The summed E-state index contributed by atoms with van der Waals surface area (Å²) in [6, 6.07) is 6.95. The summed E-state index contributed by atoms with van der Waals surface area (Å²) in [7, 11) is 0. The first-order valence-electron chi connectivity index (χ1n) is 11.8. The van der Waals surface area contributed by atoms with Gasteiger partial charge in [0.15, 0.2) is 5.60 Å². The number of hydrazone groups is 1. The van der Waals surface area contributed by atoms with Gasteiger partial charge in [0, 0.05) is 23.4 Å². The summed E-state index contributed by atoms with van der Waals surface area (Å²) < 4.78 is 6.23. The van der Waals surface area contributed by atoms with Gasteiger partial charge in [-0.1, -0.05) is 25.1 Å². The molecule has 1 atom stereocenters. The van der Waals surface area contributed by atoms with Crippen LogP contribution >= 0.6 is 0 Å². The third-order valence-corrected chi connectivity index (χ3v) is 6.91. The zero-order chi connectivity index (χ0) is 27.4. The Morgan fingerprint density at radius 2 is 2.08 bits per heavy atom. The average molecular weight is 521 g/mol. The molecule has 0 saturated heterocycles. The Hall–Kier alpha value is -4.49. The lowest BCUT2D eigenvalue weighted by Crippen LogP contribution is -2.45. The molecule has 4 heterocycles. The van der Waals surface area contributed by atoms with Gasteiger partial charge in [0.2, 0.25) is 5.91 Å². The normalized spacial score (nSPS) is 17.7. The number of cyclic esters (lactones) is 1. The zero-order valence-corrected chi connectivity index (χ0v) is 20.5. The molecule has 13 heteroatoms. The van der Waals surface area contributed by atoms with E-state index in [4.69, 9.17) is 4.74 Å². The Balaban J connectivity index is 1.85. The number of carbonyl (C=O) groups is 2. The molecule has 2 aliphatic heterocycles. The summed E-state index contributed by atoms with van der Waals surface area (Å²) in [4.78, 5) is 54.5. The van der Waals surface area contributed by atoms with Gasteiger partial charge in [-0.05, 0) is 12.5 Å². The standard InChI is InChI=1S/C25H23N5O8/c1-3-25(35)19-17(12-38-24(25)34)23(33)28-11-16-15(10-26-29(8-9-31)13(2)32)14-6-4-5-7-18(14)27-20(16)22(28)21(19)30(36)37/h4-7,10,31,35H,3,8-9,11-12H2,1-2H3/t25-/m0/s1. The van der Waals surface area contributed by atoms with Crippen LogP contribution in [0.15, 0.2) is 34.2 Å². The fourth-order valence-corrected chi connectivity index (χ4v) is 5.05. The predicted octanol–water partition coefficient (Wildman–Crippen LogP) is 1.16. The molecule has 1 amide bonds. The maximum absolute atomic E-state index is 13.6. The average Bonchev–Trinajstić information content (AvgIpc) is 3.27. The second-order valence-corrected chi connectivity index (χ2v) is 8.97. The number of para-hydroxylation sites is 1. The molecule has 5 rings (SSSR count). The number of fused-ring (bicyclic) bond motifs is 5. The largest absolute Gasteiger partial charge is 0.458 e. The highest BCUT2D eigenvalue weighted by Gasteiger charge is 2.52. The number of esters is 1. The van der Waals surface area contributed by atoms with Crippen molar-refractivity contribution in [2.75, 3.05) is 13.2 Å². The molecule has 38 heavy (non-hydrogen) atoms. The molecule has 0 spiro atoms. The molecule has 3 aromatic rings. The van der Waals surface area contributed by atoms with Crippen molar-refractivity contribution < 1.29 is 29.5 Å². The molecule has 2 aromatic heterocycles. The second-order valence-electron chi connectivity index (χ2n) is 8.97. The molecule has 0 fully saturated rings. The van der Waals surface area contributed by atoms with E-state index in [1.165, 1.54) is 24.6 Å². The monoisotopic (exact) mass is 521 g/mol.